The van der Waals surface area contributed by atoms with Gasteiger partial charge in [-0.25, -0.2) is 4.79 Å². The summed E-state index contributed by atoms with van der Waals surface area (Å²) in [7, 11) is 0. The molecule has 4 aromatic carbocycles. The molecule has 5 rings (SSSR count). The summed E-state index contributed by atoms with van der Waals surface area (Å²) in [4.78, 5) is 25.2. The summed E-state index contributed by atoms with van der Waals surface area (Å²) in [5.74, 6) is 0.984. The number of benzene rings is 4. The van der Waals surface area contributed by atoms with E-state index in [1.54, 1.807) is 18.2 Å². The maximum atomic E-state index is 12.8. The Labute approximate surface area is 229 Å². The number of esters is 1. The molecule has 6 nitrogen and oxygen atoms in total. The first-order chi connectivity index (χ1) is 18.9. The predicted molar refractivity (Wildman–Crippen MR) is 151 cm³/mol. The van der Waals surface area contributed by atoms with Crippen LogP contribution < -0.4 is 19.6 Å². The van der Waals surface area contributed by atoms with Crippen molar-refractivity contribution >= 4 is 34.6 Å². The van der Waals surface area contributed by atoms with E-state index in [-0.39, 0.29) is 22.5 Å². The van der Waals surface area contributed by atoms with Crippen molar-refractivity contribution in [2.24, 2.45) is 0 Å². The Kier molecular flexibility index (Phi) is 7.75. The second-order valence-corrected chi connectivity index (χ2v) is 9.18. The monoisotopic (exact) mass is 538 g/mol. The van der Waals surface area contributed by atoms with E-state index in [0.29, 0.717) is 28.5 Å². The van der Waals surface area contributed by atoms with E-state index in [9.17, 15) is 9.59 Å². The van der Waals surface area contributed by atoms with Gasteiger partial charge in [-0.2, -0.15) is 0 Å². The molecule has 0 N–H and O–H groups in total. The highest BCUT2D eigenvalue weighted by Gasteiger charge is 2.11. The van der Waals surface area contributed by atoms with Gasteiger partial charge in [0.05, 0.1) is 5.39 Å². The molecule has 0 radical (unpaired) electrons. The molecule has 0 saturated carbocycles. The SMILES string of the molecule is Cc1ccc(Oc2coc3cc(OC(=O)/C=C/c4ccc(OCc5ccc(Cl)cc5)cc4)ccc3c2=O)cc1. The van der Waals surface area contributed by atoms with Crippen molar-refractivity contribution in [3.05, 3.63) is 135 Å². The first kappa shape index (κ1) is 25.8. The molecule has 0 unspecified atom stereocenters. The molecule has 0 fully saturated rings. The highest BCUT2D eigenvalue weighted by atomic mass is 35.5. The van der Waals surface area contributed by atoms with Gasteiger partial charge in [-0.3, -0.25) is 4.79 Å². The number of aryl methyl sites for hydroxylation is 1. The van der Waals surface area contributed by atoms with E-state index in [2.05, 4.69) is 0 Å². The molecule has 194 valence electrons. The zero-order valence-corrected chi connectivity index (χ0v) is 21.7. The average Bonchev–Trinajstić information content (AvgIpc) is 2.95. The van der Waals surface area contributed by atoms with Crippen LogP contribution in [0.2, 0.25) is 5.02 Å². The fourth-order valence-corrected chi connectivity index (χ4v) is 3.82. The minimum absolute atomic E-state index is 0.0698. The predicted octanol–water partition coefficient (Wildman–Crippen LogP) is 7.74. The van der Waals surface area contributed by atoms with Crippen LogP contribution in [0.25, 0.3) is 17.0 Å². The Morgan fingerprint density at radius 3 is 2.31 bits per heavy atom. The summed E-state index contributed by atoms with van der Waals surface area (Å²) >= 11 is 5.90. The normalized spacial score (nSPS) is 11.0. The standard InChI is InChI=1S/C32H23ClO6/c1-21-2-11-26(12-3-21)38-30-20-37-29-18-27(15-16-28(29)32(30)35)39-31(34)17-8-22-6-13-25(14-7-22)36-19-23-4-9-24(33)10-5-23/h2-18,20H,19H2,1H3/b17-8+. The van der Waals surface area contributed by atoms with Crippen molar-refractivity contribution in [2.75, 3.05) is 0 Å². The number of carbonyl (C=O) groups excluding carboxylic acids is 1. The van der Waals surface area contributed by atoms with Crippen molar-refractivity contribution in [1.82, 2.24) is 0 Å². The van der Waals surface area contributed by atoms with E-state index in [1.807, 2.05) is 67.6 Å². The highest BCUT2D eigenvalue weighted by molar-refractivity contribution is 6.30. The van der Waals surface area contributed by atoms with Crippen molar-refractivity contribution in [3.8, 4) is 23.0 Å². The number of halogens is 1. The third kappa shape index (κ3) is 6.74. The van der Waals surface area contributed by atoms with Crippen LogP contribution in [0, 0.1) is 6.92 Å². The molecule has 1 aromatic heterocycles. The second-order valence-electron chi connectivity index (χ2n) is 8.74. The average molecular weight is 539 g/mol. The van der Waals surface area contributed by atoms with Gasteiger partial charge < -0.3 is 18.6 Å². The van der Waals surface area contributed by atoms with Gasteiger partial charge in [-0.15, -0.1) is 0 Å². The number of ether oxygens (including phenoxy) is 3. The van der Waals surface area contributed by atoms with Gasteiger partial charge in [0.1, 0.15) is 35.7 Å². The summed E-state index contributed by atoms with van der Waals surface area (Å²) in [6, 6.07) is 26.7. The first-order valence-corrected chi connectivity index (χ1v) is 12.5. The van der Waals surface area contributed by atoms with Gasteiger partial charge in [0.15, 0.2) is 0 Å². The fourth-order valence-electron chi connectivity index (χ4n) is 3.70. The Morgan fingerprint density at radius 2 is 1.56 bits per heavy atom. The summed E-state index contributed by atoms with van der Waals surface area (Å²) in [6.45, 7) is 2.39. The van der Waals surface area contributed by atoms with Crippen LogP contribution in [0.4, 0.5) is 0 Å². The number of rotatable bonds is 8. The topological polar surface area (TPSA) is 75.0 Å². The Morgan fingerprint density at radius 1 is 0.872 bits per heavy atom. The van der Waals surface area contributed by atoms with Crippen molar-refractivity contribution in [3.63, 3.8) is 0 Å². The summed E-state index contributed by atoms with van der Waals surface area (Å²) in [5, 5.41) is 0.993. The van der Waals surface area contributed by atoms with Crippen LogP contribution >= 0.6 is 11.6 Å². The first-order valence-electron chi connectivity index (χ1n) is 12.1. The molecule has 7 heteroatoms. The quantitative estimate of drug-likeness (QED) is 0.114. The number of hydrogen-bond acceptors (Lipinski definition) is 6. The van der Waals surface area contributed by atoms with Gasteiger partial charge in [0.2, 0.25) is 11.2 Å². The maximum Gasteiger partial charge on any atom is 0.336 e. The van der Waals surface area contributed by atoms with Crippen molar-refractivity contribution in [1.29, 1.82) is 0 Å². The second kappa shape index (κ2) is 11.7. The number of carbonyl (C=O) groups is 1. The van der Waals surface area contributed by atoms with Gasteiger partial charge in [0, 0.05) is 17.2 Å². The molecular weight excluding hydrogens is 516 g/mol. The molecule has 0 amide bonds. The lowest BCUT2D eigenvalue weighted by Crippen LogP contribution is -2.06. The zero-order valence-electron chi connectivity index (χ0n) is 20.9. The molecule has 0 aliphatic heterocycles. The minimum Gasteiger partial charge on any atom is -0.489 e. The van der Waals surface area contributed by atoms with E-state index in [4.69, 9.17) is 30.2 Å². The lowest BCUT2D eigenvalue weighted by molar-refractivity contribution is -0.128. The molecule has 0 bridgehead atoms. The molecule has 0 aliphatic rings. The van der Waals surface area contributed by atoms with E-state index in [0.717, 1.165) is 16.7 Å². The fraction of sp³-hybridized carbons (Fsp3) is 0.0625. The summed E-state index contributed by atoms with van der Waals surface area (Å²) in [6.07, 6.45) is 4.21. The van der Waals surface area contributed by atoms with Crippen LogP contribution in [0.5, 0.6) is 23.0 Å². The van der Waals surface area contributed by atoms with E-state index < -0.39 is 5.97 Å². The van der Waals surface area contributed by atoms with Gasteiger partial charge in [-0.1, -0.05) is 53.6 Å². The van der Waals surface area contributed by atoms with Crippen LogP contribution in [-0.2, 0) is 11.4 Å². The van der Waals surface area contributed by atoms with Gasteiger partial charge in [0.25, 0.3) is 0 Å². The Balaban J connectivity index is 1.19. The number of hydrogen-bond donors (Lipinski definition) is 0. The highest BCUT2D eigenvalue weighted by Crippen LogP contribution is 2.24. The zero-order chi connectivity index (χ0) is 27.2. The lowest BCUT2D eigenvalue weighted by atomic mass is 10.2. The maximum absolute atomic E-state index is 12.8. The molecule has 5 aromatic rings. The smallest absolute Gasteiger partial charge is 0.336 e. The Hall–Kier alpha value is -4.81. The van der Waals surface area contributed by atoms with Crippen molar-refractivity contribution in [2.45, 2.75) is 13.5 Å². The van der Waals surface area contributed by atoms with Crippen LogP contribution in [0.15, 0.2) is 113 Å². The molecule has 0 saturated heterocycles. The molecule has 0 atom stereocenters. The molecular formula is C32H23ClO6. The molecule has 0 spiro atoms. The molecule has 39 heavy (non-hydrogen) atoms. The van der Waals surface area contributed by atoms with Crippen LogP contribution in [0.1, 0.15) is 16.7 Å². The summed E-state index contributed by atoms with van der Waals surface area (Å²) < 4.78 is 22.4. The molecule has 1 heterocycles. The van der Waals surface area contributed by atoms with E-state index in [1.165, 1.54) is 30.5 Å². The van der Waals surface area contributed by atoms with Crippen molar-refractivity contribution < 1.29 is 23.4 Å². The lowest BCUT2D eigenvalue weighted by Gasteiger charge is -2.07. The summed E-state index contributed by atoms with van der Waals surface area (Å²) in [5.41, 5.74) is 2.85. The van der Waals surface area contributed by atoms with Crippen LogP contribution in [-0.4, -0.2) is 5.97 Å². The van der Waals surface area contributed by atoms with E-state index >= 15 is 0 Å². The third-order valence-corrected chi connectivity index (χ3v) is 6.04. The third-order valence-electron chi connectivity index (χ3n) is 5.79. The Bertz CT molecular complexity index is 1690. The van der Waals surface area contributed by atoms with Gasteiger partial charge >= 0.3 is 5.97 Å². The number of fused-ring (bicyclic) bond motifs is 1. The molecule has 0 aliphatic carbocycles. The minimum atomic E-state index is -0.570. The largest absolute Gasteiger partial charge is 0.489 e. The van der Waals surface area contributed by atoms with Crippen LogP contribution in [0.3, 0.4) is 0 Å². The van der Waals surface area contributed by atoms with Gasteiger partial charge in [-0.05, 0) is 72.7 Å².